The summed E-state index contributed by atoms with van der Waals surface area (Å²) in [5.41, 5.74) is 3.24. The molecule has 0 spiro atoms. The average molecular weight is 273 g/mol. The van der Waals surface area contributed by atoms with Gasteiger partial charge in [-0.25, -0.2) is 4.39 Å². The number of aliphatic hydroxyl groups excluding tert-OH is 1. The molecule has 0 bridgehead atoms. The van der Waals surface area contributed by atoms with Crippen molar-refractivity contribution in [2.24, 2.45) is 0 Å². The third-order valence-corrected chi connectivity index (χ3v) is 3.43. The number of aryl methyl sites for hydroxylation is 1. The minimum Gasteiger partial charge on any atom is -0.389 e. The lowest BCUT2D eigenvalue weighted by molar-refractivity contribution is 0.199. The largest absolute Gasteiger partial charge is 0.389 e. The van der Waals surface area contributed by atoms with Gasteiger partial charge in [-0.15, -0.1) is 0 Å². The molecule has 0 saturated heterocycles. The molecule has 0 aliphatic rings. The second kappa shape index (κ2) is 6.06. The van der Waals surface area contributed by atoms with Crippen LogP contribution in [0, 0.1) is 12.7 Å². The van der Waals surface area contributed by atoms with E-state index in [0.717, 1.165) is 5.69 Å². The minimum atomic E-state index is -0.696. The first kappa shape index (κ1) is 14.5. The molecule has 0 unspecified atom stereocenters. The normalized spacial score (nSPS) is 12.2. The van der Waals surface area contributed by atoms with Crippen molar-refractivity contribution in [3.63, 3.8) is 0 Å². The fourth-order valence-corrected chi connectivity index (χ4v) is 2.29. The highest BCUT2D eigenvalue weighted by atomic mass is 19.1. The van der Waals surface area contributed by atoms with Gasteiger partial charge in [0.15, 0.2) is 0 Å². The van der Waals surface area contributed by atoms with Gasteiger partial charge < -0.3 is 10.0 Å². The molecule has 0 aliphatic heterocycles. The Morgan fingerprint density at radius 3 is 2.45 bits per heavy atom. The van der Waals surface area contributed by atoms with Crippen LogP contribution in [0.3, 0.4) is 0 Å². The minimum absolute atomic E-state index is 0.280. The summed E-state index contributed by atoms with van der Waals surface area (Å²) in [6.07, 6.45) is -0.696. The molecule has 0 radical (unpaired) electrons. The number of aliphatic hydroxyl groups is 1. The molecule has 1 N–H and O–H groups in total. The number of benzene rings is 2. The van der Waals surface area contributed by atoms with Crippen LogP contribution in [0.1, 0.15) is 29.7 Å². The highest BCUT2D eigenvalue weighted by Crippen LogP contribution is 2.29. The average Bonchev–Trinajstić information content (AvgIpc) is 2.42. The van der Waals surface area contributed by atoms with Gasteiger partial charge in [-0.05, 0) is 37.1 Å². The highest BCUT2D eigenvalue weighted by molar-refractivity contribution is 5.56. The van der Waals surface area contributed by atoms with E-state index in [2.05, 4.69) is 12.1 Å². The summed E-state index contributed by atoms with van der Waals surface area (Å²) in [6.45, 7) is 4.11. The van der Waals surface area contributed by atoms with E-state index in [1.807, 2.05) is 30.1 Å². The van der Waals surface area contributed by atoms with Gasteiger partial charge in [-0.2, -0.15) is 0 Å². The molecule has 20 heavy (non-hydrogen) atoms. The van der Waals surface area contributed by atoms with E-state index in [1.165, 1.54) is 11.6 Å². The van der Waals surface area contributed by atoms with Crippen molar-refractivity contribution in [3.05, 3.63) is 65.0 Å². The first-order chi connectivity index (χ1) is 9.49. The zero-order valence-corrected chi connectivity index (χ0v) is 12.1. The molecule has 1 atom stereocenters. The van der Waals surface area contributed by atoms with E-state index < -0.39 is 6.10 Å². The predicted octanol–water partition coefficient (Wildman–Crippen LogP) is 3.82. The summed E-state index contributed by atoms with van der Waals surface area (Å²) < 4.78 is 13.7. The molecule has 0 fully saturated rings. The van der Waals surface area contributed by atoms with E-state index in [9.17, 15) is 9.50 Å². The molecule has 0 saturated carbocycles. The number of hydrogen-bond acceptors (Lipinski definition) is 2. The van der Waals surface area contributed by atoms with E-state index in [-0.39, 0.29) is 5.82 Å². The van der Waals surface area contributed by atoms with Gasteiger partial charge in [0.05, 0.1) is 6.10 Å². The summed E-state index contributed by atoms with van der Waals surface area (Å²) in [6, 6.07) is 13.3. The predicted molar refractivity (Wildman–Crippen MR) is 80.3 cm³/mol. The van der Waals surface area contributed by atoms with Crippen LogP contribution in [0.4, 0.5) is 10.1 Å². The van der Waals surface area contributed by atoms with Crippen LogP contribution in [0.2, 0.25) is 0 Å². The molecular weight excluding hydrogens is 253 g/mol. The number of hydrogen-bond donors (Lipinski definition) is 1. The Bertz CT molecular complexity index is 581. The van der Waals surface area contributed by atoms with Gasteiger partial charge in [0, 0.05) is 24.8 Å². The zero-order valence-electron chi connectivity index (χ0n) is 12.1. The zero-order chi connectivity index (χ0) is 14.7. The quantitative estimate of drug-likeness (QED) is 0.915. The van der Waals surface area contributed by atoms with Crippen molar-refractivity contribution in [2.75, 3.05) is 11.9 Å². The van der Waals surface area contributed by atoms with E-state index in [1.54, 1.807) is 19.9 Å². The van der Waals surface area contributed by atoms with E-state index in [0.29, 0.717) is 17.7 Å². The Labute approximate surface area is 119 Å². The lowest BCUT2D eigenvalue weighted by Crippen LogP contribution is -2.19. The molecule has 2 aromatic carbocycles. The standard InChI is InChI=1S/C17H20FNO/c1-12-9-17(15(13(2)20)10-16(12)18)19(3)11-14-7-5-4-6-8-14/h4-10,13,20H,11H2,1-3H3/t13-/m1/s1. The third kappa shape index (κ3) is 3.17. The number of rotatable bonds is 4. The van der Waals surface area contributed by atoms with Crippen LogP contribution in [0.25, 0.3) is 0 Å². The summed E-state index contributed by atoms with van der Waals surface area (Å²) in [5.74, 6) is -0.280. The van der Waals surface area contributed by atoms with Crippen molar-refractivity contribution >= 4 is 5.69 Å². The monoisotopic (exact) mass is 273 g/mol. The number of anilines is 1. The number of halogens is 1. The molecule has 2 rings (SSSR count). The van der Waals surface area contributed by atoms with Crippen molar-refractivity contribution in [3.8, 4) is 0 Å². The van der Waals surface area contributed by atoms with Gasteiger partial charge in [-0.3, -0.25) is 0 Å². The fraction of sp³-hybridized carbons (Fsp3) is 0.294. The summed E-state index contributed by atoms with van der Waals surface area (Å²) in [7, 11) is 1.95. The molecule has 0 aromatic heterocycles. The summed E-state index contributed by atoms with van der Waals surface area (Å²) in [5, 5.41) is 9.84. The van der Waals surface area contributed by atoms with E-state index in [4.69, 9.17) is 0 Å². The molecule has 0 aliphatic carbocycles. The topological polar surface area (TPSA) is 23.5 Å². The maximum atomic E-state index is 13.7. The lowest BCUT2D eigenvalue weighted by atomic mass is 10.0. The Balaban J connectivity index is 2.33. The SMILES string of the molecule is Cc1cc(N(C)Cc2ccccc2)c([C@@H](C)O)cc1F. The van der Waals surface area contributed by atoms with Crippen LogP contribution in [-0.4, -0.2) is 12.2 Å². The number of nitrogens with zero attached hydrogens (tertiary/aromatic N) is 1. The molecule has 2 nitrogen and oxygen atoms in total. The Morgan fingerprint density at radius 1 is 1.20 bits per heavy atom. The van der Waals surface area contributed by atoms with Crippen molar-refractivity contribution in [1.82, 2.24) is 0 Å². The fourth-order valence-electron chi connectivity index (χ4n) is 2.29. The second-order valence-electron chi connectivity index (χ2n) is 5.18. The second-order valence-corrected chi connectivity index (χ2v) is 5.18. The molecular formula is C17H20FNO. The smallest absolute Gasteiger partial charge is 0.126 e. The van der Waals surface area contributed by atoms with Crippen LogP contribution >= 0.6 is 0 Å². The molecule has 0 amide bonds. The Hall–Kier alpha value is -1.87. The Morgan fingerprint density at radius 2 is 1.85 bits per heavy atom. The van der Waals surface area contributed by atoms with E-state index >= 15 is 0 Å². The molecule has 3 heteroatoms. The van der Waals surface area contributed by atoms with Gasteiger partial charge in [0.25, 0.3) is 0 Å². The third-order valence-electron chi connectivity index (χ3n) is 3.43. The maximum Gasteiger partial charge on any atom is 0.126 e. The van der Waals surface area contributed by atoms with Gasteiger partial charge in [-0.1, -0.05) is 30.3 Å². The van der Waals surface area contributed by atoms with Gasteiger partial charge >= 0.3 is 0 Å². The maximum absolute atomic E-state index is 13.7. The van der Waals surface area contributed by atoms with Crippen molar-refractivity contribution < 1.29 is 9.50 Å². The van der Waals surface area contributed by atoms with Crippen LogP contribution in [0.5, 0.6) is 0 Å². The molecule has 0 heterocycles. The molecule has 2 aromatic rings. The highest BCUT2D eigenvalue weighted by Gasteiger charge is 2.15. The molecule has 106 valence electrons. The first-order valence-electron chi connectivity index (χ1n) is 6.72. The first-order valence-corrected chi connectivity index (χ1v) is 6.72. The van der Waals surface area contributed by atoms with Gasteiger partial charge in [0.2, 0.25) is 0 Å². The van der Waals surface area contributed by atoms with Crippen molar-refractivity contribution in [2.45, 2.75) is 26.5 Å². The summed E-state index contributed by atoms with van der Waals surface area (Å²) >= 11 is 0. The van der Waals surface area contributed by atoms with Crippen LogP contribution in [-0.2, 0) is 6.54 Å². The van der Waals surface area contributed by atoms with Crippen LogP contribution < -0.4 is 4.90 Å². The van der Waals surface area contributed by atoms with Crippen LogP contribution in [0.15, 0.2) is 42.5 Å². The van der Waals surface area contributed by atoms with Crippen molar-refractivity contribution in [1.29, 1.82) is 0 Å². The summed E-state index contributed by atoms with van der Waals surface area (Å²) in [4.78, 5) is 2.03. The Kier molecular flexibility index (Phi) is 4.40. The lowest BCUT2D eigenvalue weighted by Gasteiger charge is -2.24. The van der Waals surface area contributed by atoms with Gasteiger partial charge in [0.1, 0.15) is 5.82 Å².